The molecule has 1 saturated heterocycles. The zero-order chi connectivity index (χ0) is 20.7. The molecule has 0 aromatic heterocycles. The van der Waals surface area contributed by atoms with E-state index in [-0.39, 0.29) is 0 Å². The third-order valence-electron chi connectivity index (χ3n) is 2.71. The Morgan fingerprint density at radius 2 is 2.05 bits per heavy atom. The monoisotopic (exact) mass is 314 g/mol. The molecule has 0 spiro atoms. The molecule has 0 aromatic carbocycles. The Labute approximate surface area is 126 Å². The third kappa shape index (κ3) is 4.59. The molecule has 1 fully saturated rings. The van der Waals surface area contributed by atoms with Crippen LogP contribution < -0.4 is 5.32 Å². The molecule has 10 heteroatoms. The number of hydrogen-bond acceptors (Lipinski definition) is 8. The van der Waals surface area contributed by atoms with E-state index in [0.717, 1.165) is 0 Å². The van der Waals surface area contributed by atoms with Crippen LogP contribution in [0.3, 0.4) is 0 Å². The molecule has 1 rings (SSSR count). The van der Waals surface area contributed by atoms with Crippen molar-refractivity contribution in [3.05, 3.63) is 0 Å². The van der Waals surface area contributed by atoms with E-state index in [1.165, 1.54) is 0 Å². The maximum atomic E-state index is 11.4. The van der Waals surface area contributed by atoms with Crippen LogP contribution in [-0.2, 0) is 14.3 Å². The van der Waals surface area contributed by atoms with Gasteiger partial charge in [-0.25, -0.2) is 0 Å². The van der Waals surface area contributed by atoms with Crippen molar-refractivity contribution in [2.45, 2.75) is 42.9 Å². The van der Waals surface area contributed by atoms with E-state index >= 15 is 0 Å². The van der Waals surface area contributed by atoms with Gasteiger partial charge in [-0.15, -0.1) is 0 Å². The summed E-state index contributed by atoms with van der Waals surface area (Å²) in [6.45, 7) is -1.92. The van der Waals surface area contributed by atoms with Gasteiger partial charge in [0.2, 0.25) is 5.79 Å². The number of ether oxygens (including phenoxy) is 1. The average molecular weight is 314 g/mol. The van der Waals surface area contributed by atoms with Crippen LogP contribution in [0.15, 0.2) is 0 Å². The van der Waals surface area contributed by atoms with Gasteiger partial charge in [0.05, 0.1) is 14.5 Å². The van der Waals surface area contributed by atoms with Crippen LogP contribution in [0.5, 0.6) is 0 Å². The molecule has 0 radical (unpaired) electrons. The van der Waals surface area contributed by atoms with E-state index in [4.69, 9.17) is 21.8 Å². The van der Waals surface area contributed by atoms with Crippen molar-refractivity contribution in [2.75, 3.05) is 13.2 Å². The van der Waals surface area contributed by atoms with Gasteiger partial charge in [0.25, 0.3) is 0 Å². The minimum atomic E-state index is -3.87. The fraction of sp³-hybridized carbons (Fsp3) is 0.818. The summed E-state index contributed by atoms with van der Waals surface area (Å²) in [4.78, 5) is 22.3. The highest BCUT2D eigenvalue weighted by atomic mass is 16.6. The molecule has 0 aromatic rings. The Bertz CT molecular complexity index is 578. The first-order valence-corrected chi connectivity index (χ1v) is 5.67. The highest BCUT2D eigenvalue weighted by Gasteiger charge is 2.48. The lowest BCUT2D eigenvalue weighted by atomic mass is 9.96. The molecule has 1 aliphatic heterocycles. The molecule has 122 valence electrons. The maximum absolute atomic E-state index is 11.4. The van der Waals surface area contributed by atoms with Crippen molar-refractivity contribution < 1.29 is 51.8 Å². The first-order chi connectivity index (χ1) is 11.5. The molecule has 21 heavy (non-hydrogen) atoms. The van der Waals surface area contributed by atoms with Crippen molar-refractivity contribution in [3.8, 4) is 0 Å². The highest BCUT2D eigenvalue weighted by molar-refractivity contribution is 5.75. The molecule has 7 N–H and O–H groups in total. The van der Waals surface area contributed by atoms with Crippen molar-refractivity contribution in [2.24, 2.45) is 0 Å². The summed E-state index contributed by atoms with van der Waals surface area (Å²) in [6.07, 6.45) is -13.4. The molecule has 0 aliphatic carbocycles. The minimum absolute atomic E-state index is 0.697. The van der Waals surface area contributed by atoms with Gasteiger partial charge in [-0.05, 0) is 6.37 Å². The topological polar surface area (TPSA) is 177 Å². The number of aliphatic hydroxyl groups is 4. The molecular weight excluding hydrogens is 290 g/mol. The number of carbonyl (C=O) groups is 2. The molecule has 1 heterocycles. The van der Waals surface area contributed by atoms with Crippen LogP contribution in [0.1, 0.15) is 19.6 Å². The van der Waals surface area contributed by atoms with Gasteiger partial charge >= 0.3 is 11.9 Å². The third-order valence-corrected chi connectivity index (χ3v) is 2.71. The number of aliphatic hydroxyl groups excluding tert-OH is 3. The summed E-state index contributed by atoms with van der Waals surface area (Å²) < 4.78 is 42.1. The summed E-state index contributed by atoms with van der Waals surface area (Å²) in [5.74, 6) is -7.46. The van der Waals surface area contributed by atoms with Crippen LogP contribution in [0, 0.1) is 0 Å². The van der Waals surface area contributed by atoms with E-state index in [1.54, 1.807) is 5.32 Å². The lowest BCUT2D eigenvalue weighted by Gasteiger charge is -2.42. The van der Waals surface area contributed by atoms with E-state index in [1.807, 2.05) is 0 Å². The first kappa shape index (κ1) is 11.3. The van der Waals surface area contributed by atoms with Crippen molar-refractivity contribution in [1.82, 2.24) is 5.32 Å². The SMILES string of the molecule is [2H]C([2H])(C(=O)O)C([2H])([2H])[C@]([2H])(NCC1(O)OC[C@@H](O)[C@H](O)[C@H]1O)C(=O)O. The van der Waals surface area contributed by atoms with Crippen molar-refractivity contribution >= 4 is 11.9 Å². The number of aliphatic carboxylic acids is 2. The predicted molar refractivity (Wildman–Crippen MR) is 65.2 cm³/mol. The Kier molecular flexibility index (Phi) is 3.82. The Morgan fingerprint density at radius 3 is 2.57 bits per heavy atom. The standard InChI is InChI=1S/C11H19NO9/c13-6-3-21-11(20,9(17)8(6)16)4-12-5(10(18)19)1-2-7(14)15/h5-6,8-9,12-13,16-17,20H,1-4H2,(H,14,15)(H,18,19)/t5-,6+,8-,9+,11?/m0/s1/i1D2,2D2,5D. The van der Waals surface area contributed by atoms with Gasteiger partial charge in [-0.2, -0.15) is 0 Å². The van der Waals surface area contributed by atoms with Gasteiger partial charge < -0.3 is 35.4 Å². The summed E-state index contributed by atoms with van der Waals surface area (Å²) in [5.41, 5.74) is 0. The zero-order valence-electron chi connectivity index (χ0n) is 15.6. The van der Waals surface area contributed by atoms with E-state index < -0.39 is 68.0 Å². The van der Waals surface area contributed by atoms with Crippen LogP contribution >= 0.6 is 0 Å². The second-order valence-electron chi connectivity index (χ2n) is 4.25. The molecule has 0 amide bonds. The molecule has 0 saturated carbocycles. The Morgan fingerprint density at radius 1 is 1.43 bits per heavy atom. The predicted octanol–water partition coefficient (Wildman–Crippen LogP) is -3.30. The van der Waals surface area contributed by atoms with Crippen molar-refractivity contribution in [3.63, 3.8) is 0 Å². The quantitative estimate of drug-likeness (QED) is 0.252. The average Bonchev–Trinajstić information content (AvgIpc) is 2.54. The van der Waals surface area contributed by atoms with Gasteiger partial charge in [0.15, 0.2) is 0 Å². The summed E-state index contributed by atoms with van der Waals surface area (Å²) >= 11 is 0. The van der Waals surface area contributed by atoms with Crippen LogP contribution in [0.25, 0.3) is 0 Å². The van der Waals surface area contributed by atoms with Crippen LogP contribution in [0.4, 0.5) is 0 Å². The number of hydrogen-bond donors (Lipinski definition) is 7. The number of carboxylic acids is 2. The maximum Gasteiger partial charge on any atom is 0.320 e. The lowest BCUT2D eigenvalue weighted by Crippen LogP contribution is -2.65. The van der Waals surface area contributed by atoms with Gasteiger partial charge in [-0.3, -0.25) is 14.9 Å². The first-order valence-electron chi connectivity index (χ1n) is 8.17. The smallest absolute Gasteiger partial charge is 0.320 e. The summed E-state index contributed by atoms with van der Waals surface area (Å²) in [7, 11) is 0. The molecule has 0 bridgehead atoms. The minimum Gasteiger partial charge on any atom is -0.481 e. The Hall–Kier alpha value is -1.30. The second-order valence-corrected chi connectivity index (χ2v) is 4.25. The number of carboxylic acid groups (broad SMARTS) is 2. The van der Waals surface area contributed by atoms with Gasteiger partial charge in [0.1, 0.15) is 24.3 Å². The molecule has 1 unspecified atom stereocenters. The highest BCUT2D eigenvalue weighted by Crippen LogP contribution is 2.23. The van der Waals surface area contributed by atoms with E-state index in [2.05, 4.69) is 0 Å². The van der Waals surface area contributed by atoms with E-state index in [0.29, 0.717) is 0 Å². The lowest BCUT2D eigenvalue weighted by molar-refractivity contribution is -0.318. The molecule has 1 aliphatic rings. The van der Waals surface area contributed by atoms with Crippen LogP contribution in [0.2, 0.25) is 0 Å². The molecular formula is C11H19NO9. The van der Waals surface area contributed by atoms with E-state index in [9.17, 15) is 30.0 Å². The fourth-order valence-electron chi connectivity index (χ4n) is 1.55. The number of nitrogens with one attached hydrogen (secondary N) is 1. The van der Waals surface area contributed by atoms with Gasteiger partial charge in [0, 0.05) is 11.9 Å². The largest absolute Gasteiger partial charge is 0.481 e. The summed E-state index contributed by atoms with van der Waals surface area (Å²) in [6, 6.07) is -3.64. The van der Waals surface area contributed by atoms with Gasteiger partial charge in [-0.1, -0.05) is 0 Å². The number of rotatable bonds is 7. The fourth-order valence-corrected chi connectivity index (χ4v) is 1.55. The normalized spacial score (nSPS) is 40.8. The second kappa shape index (κ2) is 7.11. The molecule has 10 nitrogen and oxygen atoms in total. The molecule has 5 atom stereocenters. The summed E-state index contributed by atoms with van der Waals surface area (Å²) in [5, 5.41) is 58.4. The van der Waals surface area contributed by atoms with Crippen LogP contribution in [-0.4, -0.2) is 85.8 Å². The zero-order valence-corrected chi connectivity index (χ0v) is 10.6. The van der Waals surface area contributed by atoms with Crippen molar-refractivity contribution in [1.29, 1.82) is 0 Å². The Balaban J connectivity index is 3.16.